The largest absolute Gasteiger partial charge is 0.494 e. The van der Waals surface area contributed by atoms with Crippen molar-refractivity contribution in [1.82, 2.24) is 9.88 Å². The lowest BCUT2D eigenvalue weighted by Gasteiger charge is -2.39. The SMILES string of the molecule is NC(=O)C1(S(=O)(=O)c2ccc(OCCCSc3nc4ccccc4o3)cc2)CCN(CC2CC2)CC1. The first-order valence-corrected chi connectivity index (χ1v) is 14.8. The maximum atomic E-state index is 13.5. The van der Waals surface area contributed by atoms with Crippen molar-refractivity contribution in [3.63, 3.8) is 0 Å². The molecule has 1 aromatic heterocycles. The molecule has 192 valence electrons. The van der Waals surface area contributed by atoms with Crippen molar-refractivity contribution in [2.24, 2.45) is 11.7 Å². The Bertz CT molecular complexity index is 1280. The zero-order valence-electron chi connectivity index (χ0n) is 20.1. The summed E-state index contributed by atoms with van der Waals surface area (Å²) in [7, 11) is -3.92. The molecule has 0 radical (unpaired) electrons. The predicted octanol–water partition coefficient (Wildman–Crippen LogP) is 3.89. The van der Waals surface area contributed by atoms with Gasteiger partial charge in [0.2, 0.25) is 5.91 Å². The number of aromatic nitrogens is 1. The second-order valence-corrected chi connectivity index (χ2v) is 12.9. The van der Waals surface area contributed by atoms with Gasteiger partial charge in [-0.1, -0.05) is 23.9 Å². The molecule has 10 heteroatoms. The first-order chi connectivity index (χ1) is 17.4. The van der Waals surface area contributed by atoms with Crippen LogP contribution in [0.15, 0.2) is 63.1 Å². The van der Waals surface area contributed by atoms with E-state index in [1.165, 1.54) is 36.7 Å². The number of thioether (sulfide) groups is 1. The normalized spacial score (nSPS) is 18.3. The van der Waals surface area contributed by atoms with Crippen LogP contribution < -0.4 is 10.5 Å². The molecule has 0 spiro atoms. The highest BCUT2D eigenvalue weighted by atomic mass is 32.2. The molecular formula is C26H31N3O5S2. The number of fused-ring (bicyclic) bond motifs is 1. The smallest absolute Gasteiger partial charge is 0.256 e. The van der Waals surface area contributed by atoms with Gasteiger partial charge in [0, 0.05) is 25.4 Å². The zero-order chi connectivity index (χ0) is 25.2. The van der Waals surface area contributed by atoms with E-state index in [-0.39, 0.29) is 17.7 Å². The summed E-state index contributed by atoms with van der Waals surface area (Å²) in [5.41, 5.74) is 7.31. The molecule has 2 N–H and O–H groups in total. The molecule has 2 heterocycles. The Labute approximate surface area is 215 Å². The summed E-state index contributed by atoms with van der Waals surface area (Å²) in [6, 6.07) is 13.9. The van der Waals surface area contributed by atoms with Gasteiger partial charge in [-0.3, -0.25) is 4.79 Å². The Hall–Kier alpha value is -2.56. The minimum absolute atomic E-state index is 0.107. The van der Waals surface area contributed by atoms with E-state index in [0.717, 1.165) is 35.7 Å². The third-order valence-electron chi connectivity index (χ3n) is 7.03. The van der Waals surface area contributed by atoms with Crippen LogP contribution in [0, 0.1) is 5.92 Å². The molecule has 1 aliphatic heterocycles. The van der Waals surface area contributed by atoms with Gasteiger partial charge in [-0.15, -0.1) is 0 Å². The molecule has 0 bridgehead atoms. The highest BCUT2D eigenvalue weighted by molar-refractivity contribution is 7.99. The highest BCUT2D eigenvalue weighted by Crippen LogP contribution is 2.38. The van der Waals surface area contributed by atoms with Crippen LogP contribution in [0.1, 0.15) is 32.1 Å². The lowest BCUT2D eigenvalue weighted by Crippen LogP contribution is -2.57. The monoisotopic (exact) mass is 529 g/mol. The van der Waals surface area contributed by atoms with E-state index in [1.54, 1.807) is 12.1 Å². The van der Waals surface area contributed by atoms with Crippen molar-refractivity contribution < 1.29 is 22.4 Å². The van der Waals surface area contributed by atoms with Crippen LogP contribution in [0.3, 0.4) is 0 Å². The number of rotatable bonds is 11. The summed E-state index contributed by atoms with van der Waals surface area (Å²) in [4.78, 5) is 19.3. The highest BCUT2D eigenvalue weighted by Gasteiger charge is 2.52. The number of hydrogen-bond donors (Lipinski definition) is 1. The number of likely N-dealkylation sites (tertiary alicyclic amines) is 1. The minimum atomic E-state index is -3.92. The van der Waals surface area contributed by atoms with Crippen LogP contribution in [0.2, 0.25) is 0 Å². The molecular weight excluding hydrogens is 498 g/mol. The Morgan fingerprint density at radius 3 is 2.53 bits per heavy atom. The molecule has 1 amide bonds. The quantitative estimate of drug-likeness (QED) is 0.294. The van der Waals surface area contributed by atoms with E-state index in [1.807, 2.05) is 24.3 Å². The molecule has 2 fully saturated rings. The van der Waals surface area contributed by atoms with Crippen LogP contribution in [0.4, 0.5) is 0 Å². The number of oxazole rings is 1. The maximum Gasteiger partial charge on any atom is 0.256 e. The third-order valence-corrected chi connectivity index (χ3v) is 10.5. The fraction of sp³-hybridized carbons (Fsp3) is 0.462. The number of para-hydroxylation sites is 2. The van der Waals surface area contributed by atoms with Gasteiger partial charge in [0.25, 0.3) is 5.22 Å². The molecule has 1 saturated heterocycles. The number of nitrogens with two attached hydrogens (primary N) is 1. The first-order valence-electron chi connectivity index (χ1n) is 12.4. The number of amides is 1. The second kappa shape index (κ2) is 10.4. The number of primary amides is 1. The Morgan fingerprint density at radius 1 is 1.14 bits per heavy atom. The molecule has 1 aliphatic carbocycles. The summed E-state index contributed by atoms with van der Waals surface area (Å²) in [5, 5.41) is 0.632. The number of carbonyl (C=O) groups is 1. The second-order valence-electron chi connectivity index (χ2n) is 9.58. The average Bonchev–Trinajstić information content (AvgIpc) is 3.59. The third kappa shape index (κ3) is 5.26. The fourth-order valence-corrected chi connectivity index (χ4v) is 7.35. The van der Waals surface area contributed by atoms with Crippen LogP contribution in [-0.4, -0.2) is 60.9 Å². The van der Waals surface area contributed by atoms with E-state index in [0.29, 0.717) is 30.7 Å². The van der Waals surface area contributed by atoms with Crippen molar-refractivity contribution in [3.8, 4) is 5.75 Å². The molecule has 2 aliphatic rings. The van der Waals surface area contributed by atoms with Gasteiger partial charge in [0.1, 0.15) is 11.3 Å². The van der Waals surface area contributed by atoms with Crippen LogP contribution in [0.25, 0.3) is 11.1 Å². The molecule has 1 saturated carbocycles. The number of nitrogens with zero attached hydrogens (tertiary/aromatic N) is 2. The van der Waals surface area contributed by atoms with Crippen molar-refractivity contribution in [1.29, 1.82) is 0 Å². The number of hydrogen-bond acceptors (Lipinski definition) is 8. The van der Waals surface area contributed by atoms with Crippen molar-refractivity contribution in [2.75, 3.05) is 32.0 Å². The Morgan fingerprint density at radius 2 is 1.86 bits per heavy atom. The number of benzene rings is 2. The predicted molar refractivity (Wildman–Crippen MR) is 139 cm³/mol. The van der Waals surface area contributed by atoms with Gasteiger partial charge in [-0.2, -0.15) is 0 Å². The van der Waals surface area contributed by atoms with Crippen LogP contribution >= 0.6 is 11.8 Å². The molecule has 8 nitrogen and oxygen atoms in total. The summed E-state index contributed by atoms with van der Waals surface area (Å²) in [6.07, 6.45) is 3.70. The lowest BCUT2D eigenvalue weighted by molar-refractivity contribution is -0.121. The van der Waals surface area contributed by atoms with Crippen LogP contribution in [0.5, 0.6) is 5.75 Å². The summed E-state index contributed by atoms with van der Waals surface area (Å²) >= 11 is 1.53. The van der Waals surface area contributed by atoms with E-state index < -0.39 is 20.5 Å². The topological polar surface area (TPSA) is 116 Å². The van der Waals surface area contributed by atoms with E-state index in [4.69, 9.17) is 14.9 Å². The maximum absolute atomic E-state index is 13.5. The van der Waals surface area contributed by atoms with Gasteiger partial charge in [0.15, 0.2) is 20.2 Å². The lowest BCUT2D eigenvalue weighted by atomic mass is 9.95. The van der Waals surface area contributed by atoms with Crippen molar-refractivity contribution in [3.05, 3.63) is 48.5 Å². The number of ether oxygens (including phenoxy) is 1. The van der Waals surface area contributed by atoms with Crippen molar-refractivity contribution in [2.45, 2.75) is 47.0 Å². The molecule has 0 unspecified atom stereocenters. The van der Waals surface area contributed by atoms with E-state index in [2.05, 4.69) is 9.88 Å². The number of carbonyl (C=O) groups excluding carboxylic acids is 1. The average molecular weight is 530 g/mol. The standard InChI is InChI=1S/C26H31N3O5S2/c27-24(30)26(12-14-29(15-13-26)18-19-6-7-19)36(31,32)21-10-8-20(9-11-21)33-16-3-17-35-25-28-22-4-1-2-5-23(22)34-25/h1-2,4-5,8-11,19H,3,6-7,12-18H2,(H2,27,30). The molecule has 5 rings (SSSR count). The molecule has 2 aromatic carbocycles. The van der Waals surface area contributed by atoms with E-state index >= 15 is 0 Å². The van der Waals surface area contributed by atoms with Gasteiger partial charge >= 0.3 is 0 Å². The molecule has 3 aromatic rings. The molecule has 36 heavy (non-hydrogen) atoms. The minimum Gasteiger partial charge on any atom is -0.494 e. The fourth-order valence-electron chi connectivity index (χ4n) is 4.67. The van der Waals surface area contributed by atoms with Gasteiger partial charge in [-0.05, 0) is 74.4 Å². The van der Waals surface area contributed by atoms with Crippen LogP contribution in [-0.2, 0) is 14.6 Å². The Balaban J connectivity index is 1.14. The Kier molecular flexibility index (Phi) is 7.28. The van der Waals surface area contributed by atoms with Crippen molar-refractivity contribution >= 4 is 38.6 Å². The number of piperidine rings is 1. The van der Waals surface area contributed by atoms with Gasteiger partial charge in [0.05, 0.1) is 11.5 Å². The summed E-state index contributed by atoms with van der Waals surface area (Å²) in [5.74, 6) is 1.31. The van der Waals surface area contributed by atoms with E-state index in [9.17, 15) is 13.2 Å². The first kappa shape index (κ1) is 25.1. The number of sulfone groups is 1. The van der Waals surface area contributed by atoms with Gasteiger partial charge < -0.3 is 19.8 Å². The summed E-state index contributed by atoms with van der Waals surface area (Å²) < 4.78 is 37.0. The summed E-state index contributed by atoms with van der Waals surface area (Å²) in [6.45, 7) is 2.60. The van der Waals surface area contributed by atoms with Gasteiger partial charge in [-0.25, -0.2) is 13.4 Å². The zero-order valence-corrected chi connectivity index (χ0v) is 21.7. The molecule has 0 atom stereocenters.